The summed E-state index contributed by atoms with van der Waals surface area (Å²) >= 11 is 1.90. The molecule has 2 heteroatoms. The van der Waals surface area contributed by atoms with Crippen LogP contribution in [0.1, 0.15) is 49.1 Å². The Morgan fingerprint density at radius 1 is 1.35 bits per heavy atom. The van der Waals surface area contributed by atoms with E-state index in [1.807, 2.05) is 11.3 Å². The first-order valence-electron chi connectivity index (χ1n) is 7.10. The van der Waals surface area contributed by atoms with Gasteiger partial charge in [-0.2, -0.15) is 0 Å². The van der Waals surface area contributed by atoms with Gasteiger partial charge >= 0.3 is 0 Å². The molecule has 1 N–H and O–H groups in total. The van der Waals surface area contributed by atoms with Crippen molar-refractivity contribution >= 4 is 11.3 Å². The van der Waals surface area contributed by atoms with Gasteiger partial charge in [0.1, 0.15) is 0 Å². The van der Waals surface area contributed by atoms with E-state index in [1.54, 1.807) is 5.56 Å². The summed E-state index contributed by atoms with van der Waals surface area (Å²) in [5.74, 6) is 3.00. The lowest BCUT2D eigenvalue weighted by atomic mass is 10.0. The zero-order chi connectivity index (χ0) is 11.8. The highest BCUT2D eigenvalue weighted by atomic mass is 32.1. The summed E-state index contributed by atoms with van der Waals surface area (Å²) in [7, 11) is 0. The lowest BCUT2D eigenvalue weighted by molar-refractivity contribution is 0.456. The van der Waals surface area contributed by atoms with Crippen LogP contribution in [0.4, 0.5) is 0 Å². The standard InChI is InChI=1S/C15H23NS/c1-3-16-15(11-8-9-17-10(11)2)14-12-6-4-5-7-13(12)14/h8-9,12-16H,3-7H2,1-2H3. The third kappa shape index (κ3) is 2.06. The molecule has 2 aliphatic rings. The molecule has 1 aromatic rings. The van der Waals surface area contributed by atoms with Gasteiger partial charge in [0.05, 0.1) is 0 Å². The first kappa shape index (κ1) is 11.7. The van der Waals surface area contributed by atoms with Crippen LogP contribution in [-0.2, 0) is 0 Å². The zero-order valence-corrected chi connectivity index (χ0v) is 11.7. The van der Waals surface area contributed by atoms with Gasteiger partial charge in [-0.25, -0.2) is 0 Å². The van der Waals surface area contributed by atoms with Crippen molar-refractivity contribution in [3.63, 3.8) is 0 Å². The maximum atomic E-state index is 3.75. The van der Waals surface area contributed by atoms with Gasteiger partial charge in [-0.15, -0.1) is 11.3 Å². The van der Waals surface area contributed by atoms with Crippen LogP contribution >= 0.6 is 11.3 Å². The molecule has 0 saturated heterocycles. The topological polar surface area (TPSA) is 12.0 Å². The fourth-order valence-corrected chi connectivity index (χ4v) is 4.68. The van der Waals surface area contributed by atoms with Gasteiger partial charge in [-0.3, -0.25) is 0 Å². The highest BCUT2D eigenvalue weighted by Gasteiger charge is 2.54. The molecular formula is C15H23NS. The molecule has 0 aliphatic heterocycles. The summed E-state index contributed by atoms with van der Waals surface area (Å²) in [6.07, 6.45) is 5.92. The second kappa shape index (κ2) is 4.74. The minimum Gasteiger partial charge on any atom is -0.310 e. The molecular weight excluding hydrogens is 226 g/mol. The van der Waals surface area contributed by atoms with Crippen molar-refractivity contribution in [1.29, 1.82) is 0 Å². The van der Waals surface area contributed by atoms with E-state index in [0.717, 1.165) is 24.3 Å². The third-order valence-corrected chi connectivity index (χ3v) is 5.63. The summed E-state index contributed by atoms with van der Waals surface area (Å²) in [5.41, 5.74) is 1.58. The molecule has 2 saturated carbocycles. The smallest absolute Gasteiger partial charge is 0.0365 e. The summed E-state index contributed by atoms with van der Waals surface area (Å²) in [5, 5.41) is 6.00. The predicted octanol–water partition coefficient (Wildman–Crippen LogP) is 4.14. The van der Waals surface area contributed by atoms with Crippen LogP contribution in [0.5, 0.6) is 0 Å². The molecule has 17 heavy (non-hydrogen) atoms. The molecule has 0 radical (unpaired) electrons. The van der Waals surface area contributed by atoms with Gasteiger partial charge in [-0.05, 0) is 61.1 Å². The Morgan fingerprint density at radius 3 is 2.59 bits per heavy atom. The summed E-state index contributed by atoms with van der Waals surface area (Å²) in [4.78, 5) is 1.51. The van der Waals surface area contributed by atoms with E-state index >= 15 is 0 Å². The number of hydrogen-bond donors (Lipinski definition) is 1. The third-order valence-electron chi connectivity index (χ3n) is 4.77. The van der Waals surface area contributed by atoms with Crippen LogP contribution in [0.25, 0.3) is 0 Å². The van der Waals surface area contributed by atoms with Crippen molar-refractivity contribution in [2.75, 3.05) is 6.54 Å². The van der Waals surface area contributed by atoms with Crippen LogP contribution in [0, 0.1) is 24.7 Å². The van der Waals surface area contributed by atoms with Crippen LogP contribution in [0.15, 0.2) is 11.4 Å². The zero-order valence-electron chi connectivity index (χ0n) is 10.9. The second-order valence-electron chi connectivity index (χ2n) is 5.66. The molecule has 1 nitrogen and oxygen atoms in total. The summed E-state index contributed by atoms with van der Waals surface area (Å²) in [6, 6.07) is 2.98. The Bertz CT molecular complexity index is 372. The number of nitrogens with one attached hydrogen (secondary N) is 1. The monoisotopic (exact) mass is 249 g/mol. The van der Waals surface area contributed by atoms with Crippen LogP contribution < -0.4 is 5.32 Å². The fourth-order valence-electron chi connectivity index (χ4n) is 3.93. The van der Waals surface area contributed by atoms with Gasteiger partial charge in [0.25, 0.3) is 0 Å². The molecule has 3 rings (SSSR count). The molecule has 3 unspecified atom stereocenters. The number of hydrogen-bond acceptors (Lipinski definition) is 2. The van der Waals surface area contributed by atoms with Gasteiger partial charge in [0.2, 0.25) is 0 Å². The van der Waals surface area contributed by atoms with E-state index in [0.29, 0.717) is 6.04 Å². The van der Waals surface area contributed by atoms with E-state index in [2.05, 4.69) is 30.6 Å². The molecule has 0 spiro atoms. The van der Waals surface area contributed by atoms with E-state index in [4.69, 9.17) is 0 Å². The average Bonchev–Trinajstić information content (AvgIpc) is 2.91. The molecule has 94 valence electrons. The molecule has 3 atom stereocenters. The highest BCUT2D eigenvalue weighted by Crippen LogP contribution is 2.60. The number of rotatable bonds is 4. The van der Waals surface area contributed by atoms with Crippen LogP contribution in [-0.4, -0.2) is 6.54 Å². The van der Waals surface area contributed by atoms with Gasteiger partial charge < -0.3 is 5.32 Å². The predicted molar refractivity (Wildman–Crippen MR) is 74.4 cm³/mol. The molecule has 2 aliphatic carbocycles. The van der Waals surface area contributed by atoms with Crippen molar-refractivity contribution in [3.05, 3.63) is 21.9 Å². The van der Waals surface area contributed by atoms with Crippen molar-refractivity contribution in [1.82, 2.24) is 5.32 Å². The molecule has 1 aromatic heterocycles. The first-order chi connectivity index (χ1) is 8.33. The summed E-state index contributed by atoms with van der Waals surface area (Å²) in [6.45, 7) is 5.60. The Kier molecular flexibility index (Phi) is 3.27. The van der Waals surface area contributed by atoms with Gasteiger partial charge in [0, 0.05) is 10.9 Å². The number of thiophene rings is 1. The Morgan fingerprint density at radius 2 is 2.06 bits per heavy atom. The van der Waals surface area contributed by atoms with Crippen LogP contribution in [0.3, 0.4) is 0 Å². The highest BCUT2D eigenvalue weighted by molar-refractivity contribution is 7.10. The molecule has 1 heterocycles. The number of fused-ring (bicyclic) bond motifs is 1. The second-order valence-corrected chi connectivity index (χ2v) is 6.78. The molecule has 2 fully saturated rings. The van der Waals surface area contributed by atoms with Crippen molar-refractivity contribution in [2.24, 2.45) is 17.8 Å². The first-order valence-corrected chi connectivity index (χ1v) is 7.98. The quantitative estimate of drug-likeness (QED) is 0.845. The van der Waals surface area contributed by atoms with Gasteiger partial charge in [-0.1, -0.05) is 19.8 Å². The number of aryl methyl sites for hydroxylation is 1. The molecule has 0 aromatic carbocycles. The van der Waals surface area contributed by atoms with E-state index in [9.17, 15) is 0 Å². The van der Waals surface area contributed by atoms with Crippen molar-refractivity contribution < 1.29 is 0 Å². The van der Waals surface area contributed by atoms with E-state index in [1.165, 1.54) is 30.6 Å². The Balaban J connectivity index is 1.79. The maximum absolute atomic E-state index is 3.75. The largest absolute Gasteiger partial charge is 0.310 e. The molecule has 0 bridgehead atoms. The normalized spacial score (nSPS) is 33.2. The lowest BCUT2D eigenvalue weighted by Crippen LogP contribution is -2.24. The Hall–Kier alpha value is -0.340. The lowest BCUT2D eigenvalue weighted by Gasteiger charge is -2.18. The van der Waals surface area contributed by atoms with E-state index in [-0.39, 0.29) is 0 Å². The SMILES string of the molecule is CCNC(c1ccsc1C)C1C2CCCCC21. The average molecular weight is 249 g/mol. The maximum Gasteiger partial charge on any atom is 0.0365 e. The summed E-state index contributed by atoms with van der Waals surface area (Å²) < 4.78 is 0. The van der Waals surface area contributed by atoms with Crippen molar-refractivity contribution in [3.8, 4) is 0 Å². The fraction of sp³-hybridized carbons (Fsp3) is 0.733. The van der Waals surface area contributed by atoms with E-state index < -0.39 is 0 Å². The van der Waals surface area contributed by atoms with Crippen LogP contribution in [0.2, 0.25) is 0 Å². The van der Waals surface area contributed by atoms with Crippen molar-refractivity contribution in [2.45, 2.75) is 45.6 Å². The minimum atomic E-state index is 0.638. The van der Waals surface area contributed by atoms with Gasteiger partial charge in [0.15, 0.2) is 0 Å². The Labute approximate surface area is 109 Å². The molecule has 0 amide bonds. The minimum absolute atomic E-state index is 0.638.